The van der Waals surface area contributed by atoms with E-state index in [1.807, 2.05) is 0 Å². The van der Waals surface area contributed by atoms with E-state index in [-0.39, 0.29) is 16.4 Å². The molecule has 2 heterocycles. The van der Waals surface area contributed by atoms with Crippen LogP contribution >= 0.6 is 10.9 Å². The number of rotatable bonds is 0. The van der Waals surface area contributed by atoms with Crippen LogP contribution in [0.25, 0.3) is 0 Å². The first-order valence-corrected chi connectivity index (χ1v) is 7.45. The monoisotopic (exact) mass is 243 g/mol. The first kappa shape index (κ1) is 10.8. The van der Waals surface area contributed by atoms with Gasteiger partial charge in [-0.25, -0.2) is 0 Å². The van der Waals surface area contributed by atoms with Crippen molar-refractivity contribution in [1.29, 1.82) is 0 Å². The van der Waals surface area contributed by atoms with Crippen molar-refractivity contribution >= 4 is 15.9 Å². The normalized spacial score (nSPS) is 22.5. The fourth-order valence-corrected chi connectivity index (χ4v) is 4.25. The van der Waals surface area contributed by atoms with Crippen LogP contribution in [0.2, 0.25) is 0 Å². The molecule has 1 aromatic carbocycles. The van der Waals surface area contributed by atoms with Gasteiger partial charge in [-0.15, -0.1) is 0 Å². The molecule has 2 aliphatic heterocycles. The van der Waals surface area contributed by atoms with Crippen LogP contribution in [0.1, 0.15) is 25.0 Å². The summed E-state index contributed by atoms with van der Waals surface area (Å²) in [6, 6.07) is 8.70. The molecular weight excluding hydrogens is 226 g/mol. The van der Waals surface area contributed by atoms with Gasteiger partial charge >= 0.3 is 0 Å². The van der Waals surface area contributed by atoms with Gasteiger partial charge in [0, 0.05) is 5.56 Å². The van der Waals surface area contributed by atoms with E-state index in [0.717, 1.165) is 6.42 Å². The lowest BCUT2D eigenvalue weighted by Crippen LogP contribution is -2.28. The van der Waals surface area contributed by atoms with Crippen molar-refractivity contribution in [1.82, 2.24) is 0 Å². The second-order valence-corrected chi connectivity index (χ2v) is 7.01. The second kappa shape index (κ2) is 3.88. The van der Waals surface area contributed by atoms with Crippen LogP contribution < -0.4 is 0 Å². The predicted octanol–water partition coefficient (Wildman–Crippen LogP) is 3.81. The van der Waals surface area contributed by atoms with E-state index in [9.17, 15) is 0 Å². The Bertz CT molecular complexity index is 526. The van der Waals surface area contributed by atoms with E-state index in [2.05, 4.69) is 61.1 Å². The maximum absolute atomic E-state index is 4.98. The van der Waals surface area contributed by atoms with Crippen LogP contribution in [0.5, 0.6) is 0 Å². The van der Waals surface area contributed by atoms with E-state index in [0.29, 0.717) is 0 Å². The van der Waals surface area contributed by atoms with Gasteiger partial charge in [0.25, 0.3) is 0 Å². The quantitative estimate of drug-likeness (QED) is 0.665. The van der Waals surface area contributed by atoms with Gasteiger partial charge in [-0.3, -0.25) is 4.99 Å². The molecule has 0 aliphatic carbocycles. The molecule has 0 fully saturated rings. The number of thiol groups is 1. The van der Waals surface area contributed by atoms with Crippen molar-refractivity contribution in [3.8, 4) is 0 Å². The summed E-state index contributed by atoms with van der Waals surface area (Å²) in [4.78, 5) is 4.98. The molecule has 0 radical (unpaired) electrons. The van der Waals surface area contributed by atoms with Gasteiger partial charge in [0.15, 0.2) is 0 Å². The number of aliphatic imine (C=N–C) groups is 1. The largest absolute Gasteiger partial charge is 0.273 e. The van der Waals surface area contributed by atoms with E-state index >= 15 is 0 Å². The van der Waals surface area contributed by atoms with Crippen LogP contribution in [-0.4, -0.2) is 10.6 Å². The molecule has 88 valence electrons. The third-order valence-corrected chi connectivity index (χ3v) is 4.96. The topological polar surface area (TPSA) is 12.4 Å². The van der Waals surface area contributed by atoms with E-state index in [1.54, 1.807) is 0 Å². The predicted molar refractivity (Wildman–Crippen MR) is 78.0 cm³/mol. The van der Waals surface area contributed by atoms with Crippen molar-refractivity contribution in [2.45, 2.75) is 25.8 Å². The number of hydrogen-bond donors (Lipinski definition) is 1. The Morgan fingerprint density at radius 1 is 1.12 bits per heavy atom. The fraction of sp³-hybridized carbons (Fsp3) is 0.267. The Kier molecular flexibility index (Phi) is 2.48. The average Bonchev–Trinajstić information content (AvgIpc) is 2.80. The summed E-state index contributed by atoms with van der Waals surface area (Å²) in [6.07, 6.45) is 5.32. The highest BCUT2D eigenvalue weighted by Gasteiger charge is 2.28. The van der Waals surface area contributed by atoms with Crippen molar-refractivity contribution in [2.75, 3.05) is 0 Å². The summed E-state index contributed by atoms with van der Waals surface area (Å²) in [5.74, 6) is 0. The number of fused-ring (bicyclic) bond motifs is 1. The highest BCUT2D eigenvalue weighted by molar-refractivity contribution is 8.35. The van der Waals surface area contributed by atoms with Crippen LogP contribution in [0.15, 0.2) is 52.2 Å². The summed E-state index contributed by atoms with van der Waals surface area (Å²) >= 11 is 0. The third kappa shape index (κ3) is 1.98. The molecule has 0 saturated heterocycles. The summed E-state index contributed by atoms with van der Waals surface area (Å²) in [6.45, 7) is 4.45. The molecule has 0 unspecified atom stereocenters. The number of nitrogens with zero attached hydrogens (tertiary/aromatic N) is 1. The molecule has 2 heteroatoms. The lowest BCUT2D eigenvalue weighted by Gasteiger charge is -2.31. The van der Waals surface area contributed by atoms with Gasteiger partial charge in [0.1, 0.15) is 0 Å². The summed E-state index contributed by atoms with van der Waals surface area (Å²) < 4.78 is 0. The van der Waals surface area contributed by atoms with Crippen LogP contribution in [0.3, 0.4) is 0 Å². The van der Waals surface area contributed by atoms with Crippen molar-refractivity contribution in [2.24, 2.45) is 4.99 Å². The lowest BCUT2D eigenvalue weighted by molar-refractivity contribution is 0.515. The molecule has 1 nitrogen and oxygen atoms in total. The SMILES string of the molecule is CC1(C)Cc2ccccc2C([SH]2C=CC=C2)=N1. The Morgan fingerprint density at radius 3 is 2.59 bits per heavy atom. The molecule has 17 heavy (non-hydrogen) atoms. The molecule has 0 spiro atoms. The second-order valence-electron chi connectivity index (χ2n) is 5.17. The summed E-state index contributed by atoms with van der Waals surface area (Å²) in [7, 11) is -0.319. The smallest absolute Gasteiger partial charge is 0.0860 e. The highest BCUT2D eigenvalue weighted by Crippen LogP contribution is 2.42. The first-order valence-electron chi connectivity index (χ1n) is 5.97. The standard InChI is InChI=1S/C15H17NS/c1-15(2)11-12-7-3-4-8-13(12)14(16-15)17-9-5-6-10-17/h3-10,17H,11H2,1-2H3. The fourth-order valence-electron chi connectivity index (χ4n) is 2.42. The molecule has 1 aromatic rings. The maximum Gasteiger partial charge on any atom is 0.0860 e. The Labute approximate surface area is 105 Å². The molecule has 0 amide bonds. The molecule has 0 bridgehead atoms. The summed E-state index contributed by atoms with van der Waals surface area (Å²) in [5, 5.41) is 5.86. The molecule has 3 rings (SSSR count). The Morgan fingerprint density at radius 2 is 1.82 bits per heavy atom. The van der Waals surface area contributed by atoms with Crippen LogP contribution in [-0.2, 0) is 6.42 Å². The molecule has 0 N–H and O–H groups in total. The molecule has 0 atom stereocenters. The zero-order chi connectivity index (χ0) is 11.9. The highest BCUT2D eigenvalue weighted by atomic mass is 32.2. The van der Waals surface area contributed by atoms with Crippen LogP contribution in [0, 0.1) is 0 Å². The van der Waals surface area contributed by atoms with E-state index < -0.39 is 0 Å². The van der Waals surface area contributed by atoms with E-state index in [1.165, 1.54) is 16.2 Å². The minimum atomic E-state index is -0.319. The minimum absolute atomic E-state index is 0.0380. The summed E-state index contributed by atoms with van der Waals surface area (Å²) in [5.41, 5.74) is 2.84. The molecule has 0 saturated carbocycles. The van der Waals surface area contributed by atoms with Gasteiger partial charge in [-0.1, -0.05) is 36.4 Å². The van der Waals surface area contributed by atoms with Gasteiger partial charge in [-0.05, 0) is 36.6 Å². The zero-order valence-corrected chi connectivity index (χ0v) is 11.1. The number of benzene rings is 1. The van der Waals surface area contributed by atoms with Crippen molar-refractivity contribution < 1.29 is 0 Å². The van der Waals surface area contributed by atoms with Crippen LogP contribution in [0.4, 0.5) is 0 Å². The third-order valence-electron chi connectivity index (χ3n) is 3.14. The maximum atomic E-state index is 4.98. The molecule has 0 aromatic heterocycles. The lowest BCUT2D eigenvalue weighted by atomic mass is 9.90. The first-order chi connectivity index (χ1) is 8.16. The van der Waals surface area contributed by atoms with Crippen molar-refractivity contribution in [3.05, 3.63) is 58.4 Å². The molecular formula is C15H17NS. The van der Waals surface area contributed by atoms with E-state index in [4.69, 9.17) is 4.99 Å². The van der Waals surface area contributed by atoms with Crippen molar-refractivity contribution in [3.63, 3.8) is 0 Å². The Balaban J connectivity index is 2.13. The van der Waals surface area contributed by atoms with Gasteiger partial charge in [0.05, 0.1) is 10.6 Å². The van der Waals surface area contributed by atoms with Gasteiger partial charge in [0.2, 0.25) is 0 Å². The van der Waals surface area contributed by atoms with Gasteiger partial charge in [-0.2, -0.15) is 10.9 Å². The van der Waals surface area contributed by atoms with Gasteiger partial charge < -0.3 is 0 Å². The number of allylic oxidation sites excluding steroid dienone is 2. The number of hydrogen-bond acceptors (Lipinski definition) is 1. The zero-order valence-electron chi connectivity index (χ0n) is 10.2. The molecule has 2 aliphatic rings. The Hall–Kier alpha value is -1.28. The average molecular weight is 243 g/mol. The minimum Gasteiger partial charge on any atom is -0.273 e.